The minimum absolute atomic E-state index is 0.0146. The number of carboxylic acid groups (broad SMARTS) is 1. The van der Waals surface area contributed by atoms with E-state index in [-0.39, 0.29) is 42.8 Å². The fourth-order valence-corrected chi connectivity index (χ4v) is 4.27. The summed E-state index contributed by atoms with van der Waals surface area (Å²) in [6.45, 7) is 0.238. The van der Waals surface area contributed by atoms with Crippen molar-refractivity contribution in [2.45, 2.75) is 37.6 Å². The predicted octanol–water partition coefficient (Wildman–Crippen LogP) is 2.15. The number of aliphatic hydroxyl groups is 2. The second-order valence-corrected chi connectivity index (χ2v) is 8.14. The average Bonchev–Trinajstić information content (AvgIpc) is 2.85. The van der Waals surface area contributed by atoms with E-state index in [4.69, 9.17) is 19.3 Å². The molecular weight excluding hydrogens is 414 g/mol. The molecule has 1 aliphatic carbocycles. The van der Waals surface area contributed by atoms with Gasteiger partial charge in [0, 0.05) is 36.5 Å². The van der Waals surface area contributed by atoms with Crippen LogP contribution in [0.1, 0.15) is 19.3 Å². The van der Waals surface area contributed by atoms with Crippen LogP contribution in [0.2, 0.25) is 0 Å². The Morgan fingerprint density at radius 3 is 2.71 bits per heavy atom. The van der Waals surface area contributed by atoms with E-state index in [0.29, 0.717) is 19.6 Å². The van der Waals surface area contributed by atoms with Gasteiger partial charge in [-0.2, -0.15) is 0 Å². The number of halogens is 2. The summed E-state index contributed by atoms with van der Waals surface area (Å²) in [7, 11) is 0. The van der Waals surface area contributed by atoms with Gasteiger partial charge in [-0.1, -0.05) is 12.2 Å². The third-order valence-corrected chi connectivity index (χ3v) is 5.74. The lowest BCUT2D eigenvalue weighted by molar-refractivity contribution is -0.143. The second-order valence-electron chi connectivity index (χ2n) is 8.14. The summed E-state index contributed by atoms with van der Waals surface area (Å²) in [6.07, 6.45) is 3.60. The van der Waals surface area contributed by atoms with Crippen LogP contribution in [-0.2, 0) is 14.3 Å². The Hall–Kier alpha value is -2.07. The number of hydrogen-bond donors (Lipinski definition) is 3. The smallest absolute Gasteiger partial charge is 0.329 e. The van der Waals surface area contributed by atoms with Crippen molar-refractivity contribution in [3.8, 4) is 5.75 Å². The SMILES string of the molecule is O=C(O)COC[C@H]1CC[C@@H]2[C@@H](C=C[C@@H](O)COc3cc(F)cc(F)c3)[C@H](O)C[C@@H]2OC1. The summed E-state index contributed by atoms with van der Waals surface area (Å²) in [5.41, 5.74) is 0. The van der Waals surface area contributed by atoms with Gasteiger partial charge in [0.2, 0.25) is 0 Å². The molecule has 0 radical (unpaired) electrons. The molecule has 0 amide bonds. The van der Waals surface area contributed by atoms with E-state index in [1.165, 1.54) is 6.08 Å². The van der Waals surface area contributed by atoms with Gasteiger partial charge in [0.05, 0.1) is 25.4 Å². The molecule has 9 heteroatoms. The highest BCUT2D eigenvalue weighted by molar-refractivity contribution is 5.67. The van der Waals surface area contributed by atoms with Gasteiger partial charge in [-0.15, -0.1) is 0 Å². The number of carbonyl (C=O) groups is 1. The first-order valence-corrected chi connectivity index (χ1v) is 10.4. The van der Waals surface area contributed by atoms with Crippen molar-refractivity contribution >= 4 is 5.97 Å². The van der Waals surface area contributed by atoms with Crippen LogP contribution in [0.5, 0.6) is 5.75 Å². The van der Waals surface area contributed by atoms with E-state index in [2.05, 4.69) is 0 Å². The highest BCUT2D eigenvalue weighted by Crippen LogP contribution is 2.41. The van der Waals surface area contributed by atoms with Crippen LogP contribution in [-0.4, -0.2) is 66.0 Å². The summed E-state index contributed by atoms with van der Waals surface area (Å²) < 4.78 is 42.8. The lowest BCUT2D eigenvalue weighted by atomic mass is 9.87. The Bertz CT molecular complexity index is 752. The number of carboxylic acids is 1. The molecule has 31 heavy (non-hydrogen) atoms. The van der Waals surface area contributed by atoms with E-state index >= 15 is 0 Å². The second kappa shape index (κ2) is 11.0. The number of aliphatic hydroxyl groups excluding tert-OH is 2. The first-order chi connectivity index (χ1) is 14.8. The van der Waals surface area contributed by atoms with Crippen molar-refractivity contribution in [2.75, 3.05) is 26.4 Å². The molecule has 0 aromatic heterocycles. The molecule has 7 nitrogen and oxygen atoms in total. The predicted molar refractivity (Wildman–Crippen MR) is 106 cm³/mol. The zero-order chi connectivity index (χ0) is 22.4. The molecule has 0 spiro atoms. The summed E-state index contributed by atoms with van der Waals surface area (Å²) in [4.78, 5) is 10.6. The molecule has 3 rings (SSSR count). The Morgan fingerprint density at radius 1 is 1.26 bits per heavy atom. The molecule has 1 aromatic rings. The molecule has 1 aliphatic heterocycles. The molecular formula is C22H28F2O7. The topological polar surface area (TPSA) is 105 Å². The molecule has 0 unspecified atom stereocenters. The van der Waals surface area contributed by atoms with Crippen molar-refractivity contribution in [1.29, 1.82) is 0 Å². The highest BCUT2D eigenvalue weighted by Gasteiger charge is 2.43. The summed E-state index contributed by atoms with van der Waals surface area (Å²) in [5.74, 6) is -2.59. The molecule has 1 saturated carbocycles. The normalized spacial score (nSPS) is 29.5. The fraction of sp³-hybridized carbons (Fsp3) is 0.591. The number of aliphatic carboxylic acids is 1. The highest BCUT2D eigenvalue weighted by atomic mass is 19.1. The molecule has 6 atom stereocenters. The number of ether oxygens (including phenoxy) is 3. The van der Waals surface area contributed by atoms with Gasteiger partial charge in [-0.05, 0) is 18.8 Å². The molecule has 1 heterocycles. The summed E-state index contributed by atoms with van der Waals surface area (Å²) in [5, 5.41) is 29.3. The van der Waals surface area contributed by atoms with Crippen LogP contribution < -0.4 is 4.74 Å². The van der Waals surface area contributed by atoms with Crippen LogP contribution in [0.25, 0.3) is 0 Å². The first-order valence-electron chi connectivity index (χ1n) is 10.4. The lowest BCUT2D eigenvalue weighted by Crippen LogP contribution is -2.22. The van der Waals surface area contributed by atoms with Crippen LogP contribution >= 0.6 is 0 Å². The minimum atomic E-state index is -1.01. The Kier molecular flexibility index (Phi) is 8.36. The Balaban J connectivity index is 1.50. The van der Waals surface area contributed by atoms with E-state index < -0.39 is 29.8 Å². The number of fused-ring (bicyclic) bond motifs is 1. The van der Waals surface area contributed by atoms with Crippen molar-refractivity contribution in [1.82, 2.24) is 0 Å². The number of benzene rings is 1. The van der Waals surface area contributed by atoms with Gasteiger partial charge in [-0.3, -0.25) is 0 Å². The van der Waals surface area contributed by atoms with Crippen LogP contribution in [0.15, 0.2) is 30.4 Å². The monoisotopic (exact) mass is 442 g/mol. The van der Waals surface area contributed by atoms with E-state index in [1.807, 2.05) is 0 Å². The minimum Gasteiger partial charge on any atom is -0.490 e. The largest absolute Gasteiger partial charge is 0.490 e. The maximum Gasteiger partial charge on any atom is 0.329 e. The van der Waals surface area contributed by atoms with Gasteiger partial charge < -0.3 is 29.5 Å². The Morgan fingerprint density at radius 2 is 2.00 bits per heavy atom. The third-order valence-electron chi connectivity index (χ3n) is 5.74. The molecule has 172 valence electrons. The van der Waals surface area contributed by atoms with E-state index in [9.17, 15) is 23.8 Å². The van der Waals surface area contributed by atoms with Crippen molar-refractivity contribution in [3.63, 3.8) is 0 Å². The summed E-state index contributed by atoms with van der Waals surface area (Å²) in [6, 6.07) is 2.80. The molecule has 1 saturated heterocycles. The van der Waals surface area contributed by atoms with E-state index in [0.717, 1.165) is 31.0 Å². The number of rotatable bonds is 9. The van der Waals surface area contributed by atoms with E-state index in [1.54, 1.807) is 6.08 Å². The molecule has 1 aromatic carbocycles. The Labute approximate surface area is 179 Å². The lowest BCUT2D eigenvalue weighted by Gasteiger charge is -2.21. The van der Waals surface area contributed by atoms with Gasteiger partial charge in [0.25, 0.3) is 0 Å². The fourth-order valence-electron chi connectivity index (χ4n) is 4.27. The standard InChI is InChI=1S/C22H28F2O7/c23-14-5-15(24)7-17(6-14)30-11-16(25)2-4-18-19-3-1-13(9-29-12-22(27)28)10-31-21(19)8-20(18)26/h2,4-7,13,16,18-21,25-26H,1,3,8-12H2,(H,27,28)/t13-,16-,18-,19-,20-,21+/m1/s1. The van der Waals surface area contributed by atoms with Gasteiger partial charge in [-0.25, -0.2) is 13.6 Å². The van der Waals surface area contributed by atoms with Crippen molar-refractivity contribution in [2.24, 2.45) is 17.8 Å². The van der Waals surface area contributed by atoms with Gasteiger partial charge >= 0.3 is 5.97 Å². The van der Waals surface area contributed by atoms with Crippen molar-refractivity contribution in [3.05, 3.63) is 42.0 Å². The molecule has 2 aliphatic rings. The third kappa shape index (κ3) is 6.96. The van der Waals surface area contributed by atoms with Gasteiger partial charge in [0.1, 0.15) is 36.7 Å². The van der Waals surface area contributed by atoms with Gasteiger partial charge in [0.15, 0.2) is 0 Å². The zero-order valence-corrected chi connectivity index (χ0v) is 17.0. The number of hydrogen-bond acceptors (Lipinski definition) is 6. The maximum atomic E-state index is 13.2. The molecule has 3 N–H and O–H groups in total. The van der Waals surface area contributed by atoms with Crippen LogP contribution in [0.4, 0.5) is 8.78 Å². The zero-order valence-electron chi connectivity index (χ0n) is 17.0. The average molecular weight is 442 g/mol. The molecule has 0 bridgehead atoms. The van der Waals surface area contributed by atoms with Crippen molar-refractivity contribution < 1.29 is 43.1 Å². The molecule has 2 fully saturated rings. The maximum absolute atomic E-state index is 13.2. The van der Waals surface area contributed by atoms with Crippen LogP contribution in [0, 0.1) is 29.4 Å². The first kappa shape index (κ1) is 23.6. The van der Waals surface area contributed by atoms with Crippen LogP contribution in [0.3, 0.4) is 0 Å². The summed E-state index contributed by atoms with van der Waals surface area (Å²) >= 11 is 0. The quantitative estimate of drug-likeness (QED) is 0.504.